The zero-order valence-corrected chi connectivity index (χ0v) is 21.1. The van der Waals surface area contributed by atoms with Crippen LogP contribution in [0, 0.1) is 0 Å². The smallest absolute Gasteiger partial charge is 0.0582 e. The van der Waals surface area contributed by atoms with Crippen molar-refractivity contribution < 1.29 is 0 Å². The summed E-state index contributed by atoms with van der Waals surface area (Å²) < 4.78 is 2.69. The molecule has 5 aromatic rings. The van der Waals surface area contributed by atoms with Crippen LogP contribution in [0.4, 0.5) is 0 Å². The van der Waals surface area contributed by atoms with Gasteiger partial charge >= 0.3 is 0 Å². The molecule has 1 heterocycles. The van der Waals surface area contributed by atoms with Gasteiger partial charge in [0, 0.05) is 21.7 Å². The van der Waals surface area contributed by atoms with Crippen LogP contribution in [0.1, 0.15) is 72.4 Å². The van der Waals surface area contributed by atoms with E-state index in [1.807, 2.05) is 0 Å². The number of aromatic nitrogens is 1. The van der Waals surface area contributed by atoms with E-state index in [1.54, 1.807) is 5.56 Å². The number of rotatable bonds is 0. The van der Waals surface area contributed by atoms with Gasteiger partial charge in [-0.1, -0.05) is 88.4 Å². The molecule has 0 fully saturated rings. The van der Waals surface area contributed by atoms with Crippen LogP contribution in [-0.4, -0.2) is 4.57 Å². The maximum Gasteiger partial charge on any atom is 0.0582 e. The fourth-order valence-corrected chi connectivity index (χ4v) is 6.57. The van der Waals surface area contributed by atoms with Crippen LogP contribution in [0.25, 0.3) is 43.4 Å². The summed E-state index contributed by atoms with van der Waals surface area (Å²) in [7, 11) is 0. The molecular weight excluding hydrogens is 398 g/mol. The van der Waals surface area contributed by atoms with Gasteiger partial charge in [0.25, 0.3) is 0 Å². The van der Waals surface area contributed by atoms with Gasteiger partial charge in [0.1, 0.15) is 0 Å². The van der Waals surface area contributed by atoms with E-state index in [0.29, 0.717) is 0 Å². The minimum Gasteiger partial charge on any atom is -0.334 e. The molecule has 4 aromatic carbocycles. The minimum atomic E-state index is -0.0436. The highest BCUT2D eigenvalue weighted by atomic mass is 15.1. The minimum absolute atomic E-state index is 0.0436. The number of hydrogen-bond acceptors (Lipinski definition) is 0. The van der Waals surface area contributed by atoms with Crippen molar-refractivity contribution in [1.82, 2.24) is 4.57 Å². The Bertz CT molecular complexity index is 1580. The summed E-state index contributed by atoms with van der Waals surface area (Å²) in [4.78, 5) is 0. The molecular formula is C32H35N. The molecule has 0 N–H and O–H groups in total. The van der Waals surface area contributed by atoms with Crippen molar-refractivity contribution in [3.05, 3.63) is 71.8 Å². The highest BCUT2D eigenvalue weighted by Gasteiger charge is 2.40. The Hall–Kier alpha value is -2.80. The number of hydrogen-bond donors (Lipinski definition) is 0. The van der Waals surface area contributed by atoms with Crippen molar-refractivity contribution >= 4 is 43.4 Å². The van der Waals surface area contributed by atoms with E-state index in [1.165, 1.54) is 61.8 Å². The molecule has 1 heteroatoms. The van der Waals surface area contributed by atoms with Gasteiger partial charge in [-0.2, -0.15) is 0 Å². The molecule has 1 aliphatic rings. The Kier molecular flexibility index (Phi) is 4.04. The molecule has 1 nitrogen and oxygen atoms in total. The molecule has 0 bridgehead atoms. The van der Waals surface area contributed by atoms with Crippen LogP contribution in [0.15, 0.2) is 60.7 Å². The predicted molar refractivity (Wildman–Crippen MR) is 145 cm³/mol. The molecule has 0 atom stereocenters. The predicted octanol–water partition coefficient (Wildman–Crippen LogP) is 9.20. The number of fused-ring (bicyclic) bond motifs is 10. The first-order valence-electron chi connectivity index (χ1n) is 12.4. The van der Waals surface area contributed by atoms with Crippen molar-refractivity contribution in [3.8, 4) is 0 Å². The summed E-state index contributed by atoms with van der Waals surface area (Å²) >= 11 is 0. The Morgan fingerprint density at radius 2 is 1.15 bits per heavy atom. The van der Waals surface area contributed by atoms with Gasteiger partial charge in [-0.15, -0.1) is 0 Å². The first kappa shape index (κ1) is 20.8. The third-order valence-electron chi connectivity index (χ3n) is 8.25. The Morgan fingerprint density at radius 3 is 1.79 bits per heavy atom. The van der Waals surface area contributed by atoms with Crippen LogP contribution in [-0.2, 0) is 16.4 Å². The molecule has 1 aliphatic carbocycles. The topological polar surface area (TPSA) is 4.93 Å². The number of nitrogens with zero attached hydrogens (tertiary/aromatic N) is 1. The second kappa shape index (κ2) is 6.41. The van der Waals surface area contributed by atoms with Gasteiger partial charge in [0.05, 0.1) is 11.0 Å². The van der Waals surface area contributed by atoms with E-state index in [9.17, 15) is 0 Å². The second-order valence-corrected chi connectivity index (χ2v) is 12.5. The van der Waals surface area contributed by atoms with Gasteiger partial charge in [0.15, 0.2) is 0 Å². The van der Waals surface area contributed by atoms with E-state index < -0.39 is 0 Å². The molecule has 6 rings (SSSR count). The maximum atomic E-state index is 2.69. The SMILES string of the molecule is CC1(C)CCC(C)(C)c2c1ccc1c3c4ccccc4c4ccccc4c3n(C(C)(C)C)c21. The first-order valence-corrected chi connectivity index (χ1v) is 12.4. The average Bonchev–Trinajstić information content (AvgIpc) is 3.13. The highest BCUT2D eigenvalue weighted by Crippen LogP contribution is 2.52. The quantitative estimate of drug-likeness (QED) is 0.214. The zero-order chi connectivity index (χ0) is 23.3. The Balaban J connectivity index is 2.01. The lowest BCUT2D eigenvalue weighted by atomic mass is 9.62. The normalized spacial score (nSPS) is 17.8. The van der Waals surface area contributed by atoms with E-state index in [4.69, 9.17) is 0 Å². The van der Waals surface area contributed by atoms with Crippen LogP contribution >= 0.6 is 0 Å². The Labute approximate surface area is 197 Å². The van der Waals surface area contributed by atoms with E-state index >= 15 is 0 Å². The molecule has 0 saturated heterocycles. The first-order chi connectivity index (χ1) is 15.5. The monoisotopic (exact) mass is 433 g/mol. The van der Waals surface area contributed by atoms with Crippen LogP contribution in [0.2, 0.25) is 0 Å². The summed E-state index contributed by atoms with van der Waals surface area (Å²) in [5, 5.41) is 8.25. The lowest BCUT2D eigenvalue weighted by Crippen LogP contribution is -2.35. The lowest BCUT2D eigenvalue weighted by molar-refractivity contribution is 0.331. The molecule has 0 amide bonds. The standard InChI is InChI=1S/C32H35N/c1-30(2,3)33-28-23-15-11-9-13-21(23)20-12-8-10-14-22(20)26(28)24-16-17-25-27(29(24)33)32(6,7)19-18-31(25,4)5/h8-17H,18-19H2,1-7H3. The highest BCUT2D eigenvalue weighted by molar-refractivity contribution is 6.32. The third-order valence-corrected chi connectivity index (χ3v) is 8.25. The van der Waals surface area contributed by atoms with Crippen LogP contribution in [0.3, 0.4) is 0 Å². The molecule has 0 spiro atoms. The van der Waals surface area contributed by atoms with Gasteiger partial charge in [-0.05, 0) is 71.7 Å². The van der Waals surface area contributed by atoms with Crippen molar-refractivity contribution in [2.75, 3.05) is 0 Å². The van der Waals surface area contributed by atoms with E-state index in [0.717, 1.165) is 0 Å². The molecule has 0 saturated carbocycles. The lowest BCUT2D eigenvalue weighted by Gasteiger charge is -2.43. The van der Waals surface area contributed by atoms with Gasteiger partial charge < -0.3 is 4.57 Å². The fourth-order valence-electron chi connectivity index (χ4n) is 6.57. The van der Waals surface area contributed by atoms with Crippen molar-refractivity contribution in [2.24, 2.45) is 0 Å². The van der Waals surface area contributed by atoms with Crippen molar-refractivity contribution in [1.29, 1.82) is 0 Å². The molecule has 0 aliphatic heterocycles. The summed E-state index contributed by atoms with van der Waals surface area (Å²) in [5.41, 5.74) is 6.24. The summed E-state index contributed by atoms with van der Waals surface area (Å²) in [6.07, 6.45) is 2.46. The summed E-state index contributed by atoms with van der Waals surface area (Å²) in [5.74, 6) is 0. The van der Waals surface area contributed by atoms with E-state index in [2.05, 4.69) is 114 Å². The number of benzene rings is 4. The molecule has 0 unspecified atom stereocenters. The van der Waals surface area contributed by atoms with Crippen molar-refractivity contribution in [2.45, 2.75) is 77.7 Å². The zero-order valence-electron chi connectivity index (χ0n) is 21.1. The molecule has 168 valence electrons. The average molecular weight is 434 g/mol. The summed E-state index contributed by atoms with van der Waals surface area (Å²) in [6.45, 7) is 16.9. The second-order valence-electron chi connectivity index (χ2n) is 12.5. The van der Waals surface area contributed by atoms with Crippen LogP contribution in [0.5, 0.6) is 0 Å². The maximum absolute atomic E-state index is 2.69. The molecule has 0 radical (unpaired) electrons. The summed E-state index contributed by atoms with van der Waals surface area (Å²) in [6, 6.07) is 22.9. The molecule has 33 heavy (non-hydrogen) atoms. The van der Waals surface area contributed by atoms with Crippen LogP contribution < -0.4 is 0 Å². The van der Waals surface area contributed by atoms with Gasteiger partial charge in [0.2, 0.25) is 0 Å². The van der Waals surface area contributed by atoms with E-state index in [-0.39, 0.29) is 16.4 Å². The van der Waals surface area contributed by atoms with Crippen molar-refractivity contribution in [3.63, 3.8) is 0 Å². The Morgan fingerprint density at radius 1 is 0.606 bits per heavy atom. The largest absolute Gasteiger partial charge is 0.334 e. The molecule has 1 aromatic heterocycles. The third kappa shape index (κ3) is 2.72. The van der Waals surface area contributed by atoms with Gasteiger partial charge in [-0.25, -0.2) is 0 Å². The van der Waals surface area contributed by atoms with Gasteiger partial charge in [-0.3, -0.25) is 0 Å². The fraction of sp³-hybridized carbons (Fsp3) is 0.375.